The van der Waals surface area contributed by atoms with E-state index in [4.69, 9.17) is 4.42 Å². The smallest absolute Gasteiger partial charge is 0.182 e. The fraction of sp³-hybridized carbons (Fsp3) is 0. The van der Waals surface area contributed by atoms with E-state index in [9.17, 15) is 0 Å². The van der Waals surface area contributed by atoms with Crippen LogP contribution in [0.1, 0.15) is 0 Å². The third kappa shape index (κ3) is 1.53. The highest BCUT2D eigenvalue weighted by molar-refractivity contribution is 9.10. The van der Waals surface area contributed by atoms with Crippen LogP contribution in [-0.4, -0.2) is 4.98 Å². The highest BCUT2D eigenvalue weighted by Crippen LogP contribution is 2.28. The van der Waals surface area contributed by atoms with Gasteiger partial charge in [-0.15, -0.1) is 0 Å². The van der Waals surface area contributed by atoms with E-state index in [1.54, 1.807) is 0 Å². The average Bonchev–Trinajstić information content (AvgIpc) is 2.76. The topological polar surface area (TPSA) is 26.0 Å². The molecule has 3 heteroatoms. The molecule has 0 amide bonds. The Balaban J connectivity index is 2.29. The number of hydrogen-bond donors (Lipinski definition) is 0. The summed E-state index contributed by atoms with van der Waals surface area (Å²) in [6, 6.07) is 14.1. The third-order valence-corrected chi connectivity index (χ3v) is 2.99. The molecule has 16 heavy (non-hydrogen) atoms. The van der Waals surface area contributed by atoms with Crippen molar-refractivity contribution < 1.29 is 4.42 Å². The van der Waals surface area contributed by atoms with E-state index in [1.165, 1.54) is 6.39 Å². The van der Waals surface area contributed by atoms with Crippen molar-refractivity contribution in [2.75, 3.05) is 0 Å². The Bertz CT molecular complexity index is 645. The fourth-order valence-corrected chi connectivity index (χ4v) is 2.17. The van der Waals surface area contributed by atoms with Crippen LogP contribution in [0.3, 0.4) is 0 Å². The van der Waals surface area contributed by atoms with Crippen LogP contribution in [0.25, 0.3) is 22.2 Å². The number of halogens is 1. The standard InChI is InChI=1S/C13H8BrNO/c14-10-4-1-3-9(7-10)11-5-2-6-12-13(11)15-8-16-12/h1-8H. The van der Waals surface area contributed by atoms with Crippen molar-refractivity contribution in [2.45, 2.75) is 0 Å². The summed E-state index contributed by atoms with van der Waals surface area (Å²) in [6.07, 6.45) is 1.48. The molecule has 0 unspecified atom stereocenters. The minimum atomic E-state index is 0.817. The molecule has 0 spiro atoms. The lowest BCUT2D eigenvalue weighted by Gasteiger charge is -2.02. The molecule has 0 N–H and O–H groups in total. The first-order valence-corrected chi connectivity index (χ1v) is 5.72. The van der Waals surface area contributed by atoms with E-state index in [1.807, 2.05) is 30.3 Å². The predicted octanol–water partition coefficient (Wildman–Crippen LogP) is 4.26. The second-order valence-electron chi connectivity index (χ2n) is 3.52. The summed E-state index contributed by atoms with van der Waals surface area (Å²) < 4.78 is 6.35. The molecule has 2 aromatic carbocycles. The monoisotopic (exact) mass is 273 g/mol. The molecule has 0 radical (unpaired) electrons. The Morgan fingerprint density at radius 2 is 1.94 bits per heavy atom. The van der Waals surface area contributed by atoms with Crippen LogP contribution in [0.15, 0.2) is 57.7 Å². The molecule has 78 valence electrons. The van der Waals surface area contributed by atoms with Crippen molar-refractivity contribution in [3.8, 4) is 11.1 Å². The quantitative estimate of drug-likeness (QED) is 0.662. The van der Waals surface area contributed by atoms with E-state index >= 15 is 0 Å². The van der Waals surface area contributed by atoms with Crippen molar-refractivity contribution in [1.29, 1.82) is 0 Å². The molecular weight excluding hydrogens is 266 g/mol. The first kappa shape index (κ1) is 9.60. The molecule has 3 aromatic rings. The third-order valence-electron chi connectivity index (χ3n) is 2.50. The maximum Gasteiger partial charge on any atom is 0.182 e. The number of para-hydroxylation sites is 1. The first-order valence-electron chi connectivity index (χ1n) is 4.93. The van der Waals surface area contributed by atoms with Crippen LogP contribution < -0.4 is 0 Å². The van der Waals surface area contributed by atoms with Gasteiger partial charge in [-0.3, -0.25) is 0 Å². The Hall–Kier alpha value is -1.61. The lowest BCUT2D eigenvalue weighted by molar-refractivity contribution is 0.602. The van der Waals surface area contributed by atoms with Crippen LogP contribution >= 0.6 is 15.9 Å². The van der Waals surface area contributed by atoms with Gasteiger partial charge in [0.1, 0.15) is 5.52 Å². The number of aromatic nitrogens is 1. The fourth-order valence-electron chi connectivity index (χ4n) is 1.78. The zero-order valence-corrected chi connectivity index (χ0v) is 9.94. The minimum Gasteiger partial charge on any atom is -0.443 e. The van der Waals surface area contributed by atoms with Crippen LogP contribution in [0, 0.1) is 0 Å². The number of hydrogen-bond acceptors (Lipinski definition) is 2. The van der Waals surface area contributed by atoms with E-state index in [2.05, 4.69) is 33.0 Å². The molecule has 1 aromatic heterocycles. The van der Waals surface area contributed by atoms with Gasteiger partial charge >= 0.3 is 0 Å². The SMILES string of the molecule is Brc1cccc(-c2cccc3ocnc23)c1. The number of nitrogens with zero attached hydrogens (tertiary/aromatic N) is 1. The molecule has 2 nitrogen and oxygen atoms in total. The maximum absolute atomic E-state index is 5.29. The first-order chi connectivity index (χ1) is 7.84. The summed E-state index contributed by atoms with van der Waals surface area (Å²) in [6.45, 7) is 0. The summed E-state index contributed by atoms with van der Waals surface area (Å²) in [5.41, 5.74) is 3.94. The Morgan fingerprint density at radius 3 is 2.81 bits per heavy atom. The van der Waals surface area contributed by atoms with Crippen LogP contribution in [0.4, 0.5) is 0 Å². The Morgan fingerprint density at radius 1 is 1.06 bits per heavy atom. The van der Waals surface area contributed by atoms with E-state index in [-0.39, 0.29) is 0 Å². The van der Waals surface area contributed by atoms with Gasteiger partial charge in [0.05, 0.1) is 0 Å². The zero-order valence-electron chi connectivity index (χ0n) is 8.35. The summed E-state index contributed by atoms with van der Waals surface area (Å²) in [7, 11) is 0. The second-order valence-corrected chi connectivity index (χ2v) is 4.43. The summed E-state index contributed by atoms with van der Waals surface area (Å²) >= 11 is 3.47. The van der Waals surface area contributed by atoms with Crippen molar-refractivity contribution in [3.05, 3.63) is 53.3 Å². The van der Waals surface area contributed by atoms with Gasteiger partial charge in [0.25, 0.3) is 0 Å². The Labute approximate surface area is 101 Å². The van der Waals surface area contributed by atoms with Gasteiger partial charge in [-0.25, -0.2) is 4.98 Å². The zero-order chi connectivity index (χ0) is 11.0. The number of benzene rings is 2. The highest BCUT2D eigenvalue weighted by Gasteiger charge is 2.06. The van der Waals surface area contributed by atoms with Gasteiger partial charge < -0.3 is 4.42 Å². The molecule has 1 heterocycles. The Kier molecular flexibility index (Phi) is 2.26. The summed E-state index contributed by atoms with van der Waals surface area (Å²) in [5, 5.41) is 0. The molecule has 0 saturated carbocycles. The van der Waals surface area contributed by atoms with Crippen molar-refractivity contribution in [1.82, 2.24) is 4.98 Å². The molecule has 3 rings (SSSR count). The highest BCUT2D eigenvalue weighted by atomic mass is 79.9. The molecule has 0 atom stereocenters. The van der Waals surface area contributed by atoms with Gasteiger partial charge in [-0.2, -0.15) is 0 Å². The molecule has 0 bridgehead atoms. The summed E-state index contributed by atoms with van der Waals surface area (Å²) in [5.74, 6) is 0. The molecular formula is C13H8BrNO. The molecule has 0 saturated heterocycles. The number of oxazole rings is 1. The lowest BCUT2D eigenvalue weighted by Crippen LogP contribution is -1.80. The normalized spacial score (nSPS) is 10.8. The maximum atomic E-state index is 5.29. The summed E-state index contributed by atoms with van der Waals surface area (Å²) in [4.78, 5) is 4.24. The molecule has 0 aliphatic heterocycles. The van der Waals surface area contributed by atoms with Gasteiger partial charge in [-0.1, -0.05) is 40.2 Å². The van der Waals surface area contributed by atoms with E-state index in [0.717, 1.165) is 26.7 Å². The molecule has 0 aliphatic carbocycles. The van der Waals surface area contributed by atoms with Crippen LogP contribution in [0.2, 0.25) is 0 Å². The number of fused-ring (bicyclic) bond motifs is 1. The van der Waals surface area contributed by atoms with Crippen molar-refractivity contribution in [2.24, 2.45) is 0 Å². The molecule has 0 fully saturated rings. The van der Waals surface area contributed by atoms with E-state index in [0.29, 0.717) is 0 Å². The molecule has 0 aliphatic rings. The van der Waals surface area contributed by atoms with Gasteiger partial charge in [0.15, 0.2) is 12.0 Å². The minimum absolute atomic E-state index is 0.817. The van der Waals surface area contributed by atoms with Crippen molar-refractivity contribution in [3.63, 3.8) is 0 Å². The van der Waals surface area contributed by atoms with Gasteiger partial charge in [0.2, 0.25) is 0 Å². The van der Waals surface area contributed by atoms with Crippen LogP contribution in [0.5, 0.6) is 0 Å². The lowest BCUT2D eigenvalue weighted by atomic mass is 10.0. The van der Waals surface area contributed by atoms with E-state index < -0.39 is 0 Å². The average molecular weight is 274 g/mol. The number of rotatable bonds is 1. The second kappa shape index (κ2) is 3.76. The van der Waals surface area contributed by atoms with Crippen LogP contribution in [-0.2, 0) is 0 Å². The largest absolute Gasteiger partial charge is 0.443 e. The van der Waals surface area contributed by atoms with Crippen molar-refractivity contribution >= 4 is 27.0 Å². The van der Waals surface area contributed by atoms with Gasteiger partial charge in [-0.05, 0) is 23.8 Å². The van der Waals surface area contributed by atoms with Gasteiger partial charge in [0, 0.05) is 10.0 Å². The predicted molar refractivity (Wildman–Crippen MR) is 67.1 cm³/mol.